The topological polar surface area (TPSA) is 42.0 Å². The van der Waals surface area contributed by atoms with Crippen LogP contribution in [0.5, 0.6) is 0 Å². The molecule has 24 heavy (non-hydrogen) atoms. The van der Waals surface area contributed by atoms with Crippen molar-refractivity contribution in [2.45, 2.75) is 10.9 Å². The van der Waals surface area contributed by atoms with Gasteiger partial charge in [-0.15, -0.1) is 11.3 Å². The van der Waals surface area contributed by atoms with Gasteiger partial charge in [0.1, 0.15) is 0 Å². The molecule has 1 aromatic heterocycles. The highest BCUT2D eigenvalue weighted by molar-refractivity contribution is 8.01. The molecule has 3 nitrogen and oxygen atoms in total. The molecule has 0 aliphatic carbocycles. The van der Waals surface area contributed by atoms with Crippen LogP contribution in [0.3, 0.4) is 0 Å². The number of thioether (sulfide) groups is 1. The largest absolute Gasteiger partial charge is 0.351 e. The van der Waals surface area contributed by atoms with E-state index in [0.29, 0.717) is 17.3 Å². The molecule has 0 fully saturated rings. The van der Waals surface area contributed by atoms with Gasteiger partial charge in [0.05, 0.1) is 11.4 Å². The molecule has 2 aromatic carbocycles. The first kappa shape index (κ1) is 17.0. The summed E-state index contributed by atoms with van der Waals surface area (Å²) in [4.78, 5) is 16.5. The molecule has 0 spiro atoms. The SMILES string of the molecule is O=C(CSc1nc(-c2ccccc2)cs1)NCc1cccc(Cl)c1. The quantitative estimate of drug-likeness (QED) is 0.626. The zero-order chi connectivity index (χ0) is 16.8. The molecule has 0 bridgehead atoms. The van der Waals surface area contributed by atoms with Gasteiger partial charge in [0.25, 0.3) is 0 Å². The first-order valence-corrected chi connectivity index (χ1v) is 9.60. The Hall–Kier alpha value is -1.82. The molecule has 1 N–H and O–H groups in total. The fourth-order valence-electron chi connectivity index (χ4n) is 2.09. The smallest absolute Gasteiger partial charge is 0.230 e. The summed E-state index contributed by atoms with van der Waals surface area (Å²) in [6.07, 6.45) is 0. The molecule has 6 heteroatoms. The highest BCUT2D eigenvalue weighted by Crippen LogP contribution is 2.27. The molecule has 0 aliphatic rings. The number of benzene rings is 2. The molecule has 3 rings (SSSR count). The first-order valence-electron chi connectivity index (χ1n) is 7.35. The number of hydrogen-bond donors (Lipinski definition) is 1. The monoisotopic (exact) mass is 374 g/mol. The Labute approximate surface area is 154 Å². The molecule has 0 saturated carbocycles. The van der Waals surface area contributed by atoms with Crippen molar-refractivity contribution in [2.24, 2.45) is 0 Å². The van der Waals surface area contributed by atoms with E-state index in [9.17, 15) is 4.79 Å². The van der Waals surface area contributed by atoms with Crippen molar-refractivity contribution < 1.29 is 4.79 Å². The van der Waals surface area contributed by atoms with Gasteiger partial charge in [-0.1, -0.05) is 65.8 Å². The predicted octanol–water partition coefficient (Wildman–Crippen LogP) is 4.87. The summed E-state index contributed by atoms with van der Waals surface area (Å²) in [5.74, 6) is 0.332. The third-order valence-corrected chi connectivity index (χ3v) is 5.51. The van der Waals surface area contributed by atoms with E-state index in [1.165, 1.54) is 11.8 Å². The van der Waals surface area contributed by atoms with Gasteiger partial charge in [0.2, 0.25) is 5.91 Å². The number of nitrogens with zero attached hydrogens (tertiary/aromatic N) is 1. The van der Waals surface area contributed by atoms with Crippen LogP contribution in [-0.2, 0) is 11.3 Å². The zero-order valence-corrected chi connectivity index (χ0v) is 15.1. The maximum Gasteiger partial charge on any atom is 0.230 e. The van der Waals surface area contributed by atoms with Crippen LogP contribution in [0.4, 0.5) is 0 Å². The van der Waals surface area contributed by atoms with Crippen LogP contribution < -0.4 is 5.32 Å². The van der Waals surface area contributed by atoms with Crippen molar-refractivity contribution in [1.82, 2.24) is 10.3 Å². The molecular weight excluding hydrogens is 360 g/mol. The number of thiazole rings is 1. The standard InChI is InChI=1S/C18H15ClN2OS2/c19-15-8-4-5-13(9-15)10-20-17(22)12-24-18-21-16(11-23-18)14-6-2-1-3-7-14/h1-9,11H,10,12H2,(H,20,22). The molecule has 0 unspecified atom stereocenters. The van der Waals surface area contributed by atoms with E-state index in [0.717, 1.165) is 21.2 Å². The maximum absolute atomic E-state index is 12.0. The van der Waals surface area contributed by atoms with Crippen LogP contribution in [0.25, 0.3) is 11.3 Å². The Morgan fingerprint density at radius 2 is 2.00 bits per heavy atom. The zero-order valence-electron chi connectivity index (χ0n) is 12.7. The van der Waals surface area contributed by atoms with E-state index < -0.39 is 0 Å². The lowest BCUT2D eigenvalue weighted by molar-refractivity contribution is -0.118. The van der Waals surface area contributed by atoms with Gasteiger partial charge in [-0.3, -0.25) is 4.79 Å². The molecule has 0 atom stereocenters. The summed E-state index contributed by atoms with van der Waals surface area (Å²) < 4.78 is 0.895. The minimum absolute atomic E-state index is 0.0172. The van der Waals surface area contributed by atoms with Crippen molar-refractivity contribution in [3.8, 4) is 11.3 Å². The van der Waals surface area contributed by atoms with Crippen LogP contribution >= 0.6 is 34.7 Å². The van der Waals surface area contributed by atoms with Crippen molar-refractivity contribution in [1.29, 1.82) is 0 Å². The average molecular weight is 375 g/mol. The minimum atomic E-state index is -0.0172. The number of carbonyl (C=O) groups is 1. The highest BCUT2D eigenvalue weighted by atomic mass is 35.5. The molecule has 1 amide bonds. The second-order valence-electron chi connectivity index (χ2n) is 5.06. The van der Waals surface area contributed by atoms with Gasteiger partial charge in [0, 0.05) is 22.5 Å². The Morgan fingerprint density at radius 3 is 2.79 bits per heavy atom. The summed E-state index contributed by atoms with van der Waals surface area (Å²) in [6, 6.07) is 17.5. The van der Waals surface area contributed by atoms with Crippen molar-refractivity contribution in [3.05, 3.63) is 70.6 Å². The van der Waals surface area contributed by atoms with Gasteiger partial charge in [-0.2, -0.15) is 0 Å². The van der Waals surface area contributed by atoms with Crippen LogP contribution in [0.15, 0.2) is 64.3 Å². The Kier molecular flexibility index (Phi) is 5.91. The van der Waals surface area contributed by atoms with Gasteiger partial charge in [0.15, 0.2) is 4.34 Å². The summed E-state index contributed by atoms with van der Waals surface area (Å²) in [7, 11) is 0. The Morgan fingerprint density at radius 1 is 1.17 bits per heavy atom. The van der Waals surface area contributed by atoms with E-state index in [1.54, 1.807) is 11.3 Å². The fourth-order valence-corrected chi connectivity index (χ4v) is 3.97. The Balaban J connectivity index is 1.49. The van der Waals surface area contributed by atoms with E-state index in [1.807, 2.05) is 60.0 Å². The lowest BCUT2D eigenvalue weighted by atomic mass is 10.2. The van der Waals surface area contributed by atoms with Crippen LogP contribution in [0.1, 0.15) is 5.56 Å². The molecular formula is C18H15ClN2OS2. The second-order valence-corrected chi connectivity index (χ2v) is 7.58. The number of hydrogen-bond acceptors (Lipinski definition) is 4. The lowest BCUT2D eigenvalue weighted by Gasteiger charge is -2.04. The van der Waals surface area contributed by atoms with Gasteiger partial charge < -0.3 is 5.32 Å². The van der Waals surface area contributed by atoms with E-state index in [-0.39, 0.29) is 5.91 Å². The number of nitrogens with one attached hydrogen (secondary N) is 1. The summed E-state index contributed by atoms with van der Waals surface area (Å²) in [6.45, 7) is 0.479. The summed E-state index contributed by atoms with van der Waals surface area (Å²) in [5.41, 5.74) is 3.02. The predicted molar refractivity (Wildman–Crippen MR) is 102 cm³/mol. The van der Waals surface area contributed by atoms with Gasteiger partial charge in [-0.25, -0.2) is 4.98 Å². The van der Waals surface area contributed by atoms with Gasteiger partial charge >= 0.3 is 0 Å². The summed E-state index contributed by atoms with van der Waals surface area (Å²) in [5, 5.41) is 5.58. The Bertz CT molecular complexity index is 821. The van der Waals surface area contributed by atoms with Crippen LogP contribution in [0.2, 0.25) is 5.02 Å². The number of amides is 1. The third-order valence-electron chi connectivity index (χ3n) is 3.26. The van der Waals surface area contributed by atoms with Gasteiger partial charge in [-0.05, 0) is 17.7 Å². The number of rotatable bonds is 6. The van der Waals surface area contributed by atoms with E-state index >= 15 is 0 Å². The molecule has 0 saturated heterocycles. The minimum Gasteiger partial charge on any atom is -0.351 e. The normalized spacial score (nSPS) is 10.5. The fraction of sp³-hybridized carbons (Fsp3) is 0.111. The third kappa shape index (κ3) is 4.84. The van der Waals surface area contributed by atoms with Crippen LogP contribution in [-0.4, -0.2) is 16.6 Å². The molecule has 0 aliphatic heterocycles. The maximum atomic E-state index is 12.0. The van der Waals surface area contributed by atoms with Crippen molar-refractivity contribution >= 4 is 40.6 Å². The first-order chi connectivity index (χ1) is 11.7. The van der Waals surface area contributed by atoms with Crippen molar-refractivity contribution in [2.75, 3.05) is 5.75 Å². The number of aromatic nitrogens is 1. The van der Waals surface area contributed by atoms with E-state index in [2.05, 4.69) is 10.3 Å². The van der Waals surface area contributed by atoms with Crippen molar-refractivity contribution in [3.63, 3.8) is 0 Å². The number of carbonyl (C=O) groups excluding carboxylic acids is 1. The molecule has 0 radical (unpaired) electrons. The highest BCUT2D eigenvalue weighted by Gasteiger charge is 2.08. The number of halogens is 1. The molecule has 3 aromatic rings. The average Bonchev–Trinajstić information content (AvgIpc) is 3.08. The molecule has 122 valence electrons. The van der Waals surface area contributed by atoms with Crippen LogP contribution in [0, 0.1) is 0 Å². The summed E-state index contributed by atoms with van der Waals surface area (Å²) >= 11 is 8.94. The second kappa shape index (κ2) is 8.33. The molecule has 1 heterocycles. The lowest BCUT2D eigenvalue weighted by Crippen LogP contribution is -2.24. The van der Waals surface area contributed by atoms with E-state index in [4.69, 9.17) is 11.6 Å².